The van der Waals surface area contributed by atoms with Crippen LogP contribution in [0.4, 0.5) is 0 Å². The zero-order valence-electron chi connectivity index (χ0n) is 13.4. The Morgan fingerprint density at radius 3 is 2.09 bits per heavy atom. The van der Waals surface area contributed by atoms with Crippen LogP contribution in [0, 0.1) is 39.4 Å². The van der Waals surface area contributed by atoms with E-state index < -0.39 is 0 Å². The first-order chi connectivity index (χ1) is 10.3. The molecule has 5 nitrogen and oxygen atoms in total. The standard InChI is InChI=1S/C17H22N4O/c1-17(2,3)9-16(21-6-4-15(22)5-7-21)14(12-20)8-13(10-18)11-19/h8,15,22H,4-7,9H2,1-3H3/b16-14-. The van der Waals surface area contributed by atoms with Crippen molar-refractivity contribution in [1.29, 1.82) is 15.8 Å². The van der Waals surface area contributed by atoms with E-state index in [0.717, 1.165) is 5.70 Å². The largest absolute Gasteiger partial charge is 0.393 e. The first-order valence-electron chi connectivity index (χ1n) is 7.39. The van der Waals surface area contributed by atoms with Crippen LogP contribution in [0.15, 0.2) is 22.9 Å². The molecule has 0 bridgehead atoms. The van der Waals surface area contributed by atoms with Gasteiger partial charge in [-0.15, -0.1) is 0 Å². The highest BCUT2D eigenvalue weighted by atomic mass is 16.3. The minimum atomic E-state index is -0.290. The summed E-state index contributed by atoms with van der Waals surface area (Å²) >= 11 is 0. The first-order valence-corrected chi connectivity index (χ1v) is 7.39. The average molecular weight is 298 g/mol. The quantitative estimate of drug-likeness (QED) is 0.638. The zero-order chi connectivity index (χ0) is 16.8. The lowest BCUT2D eigenvalue weighted by atomic mass is 9.87. The number of likely N-dealkylation sites (tertiary alicyclic amines) is 1. The van der Waals surface area contributed by atoms with Gasteiger partial charge in [-0.2, -0.15) is 15.8 Å². The summed E-state index contributed by atoms with van der Waals surface area (Å²) in [5.41, 5.74) is 1.12. The van der Waals surface area contributed by atoms with Crippen molar-refractivity contribution in [2.45, 2.75) is 46.1 Å². The maximum absolute atomic E-state index is 9.65. The normalized spacial score (nSPS) is 16.9. The van der Waals surface area contributed by atoms with Crippen molar-refractivity contribution in [3.05, 3.63) is 22.9 Å². The minimum Gasteiger partial charge on any atom is -0.393 e. The molecule has 0 radical (unpaired) electrons. The van der Waals surface area contributed by atoms with Gasteiger partial charge in [0, 0.05) is 18.8 Å². The molecule has 0 aliphatic carbocycles. The number of allylic oxidation sites excluding steroid dienone is 4. The second-order valence-corrected chi connectivity index (χ2v) is 6.71. The molecular weight excluding hydrogens is 276 g/mol. The van der Waals surface area contributed by atoms with Crippen LogP contribution in [0.1, 0.15) is 40.0 Å². The second-order valence-electron chi connectivity index (χ2n) is 6.71. The van der Waals surface area contributed by atoms with Gasteiger partial charge >= 0.3 is 0 Å². The monoisotopic (exact) mass is 298 g/mol. The van der Waals surface area contributed by atoms with E-state index in [1.54, 1.807) is 12.1 Å². The molecule has 22 heavy (non-hydrogen) atoms. The Morgan fingerprint density at radius 1 is 1.14 bits per heavy atom. The topological polar surface area (TPSA) is 94.8 Å². The van der Waals surface area contributed by atoms with Crippen molar-refractivity contribution >= 4 is 0 Å². The van der Waals surface area contributed by atoms with Crippen molar-refractivity contribution in [3.8, 4) is 18.2 Å². The van der Waals surface area contributed by atoms with Gasteiger partial charge < -0.3 is 10.0 Å². The molecule has 0 spiro atoms. The molecule has 0 aromatic carbocycles. The molecule has 1 N–H and O–H groups in total. The molecule has 0 unspecified atom stereocenters. The van der Waals surface area contributed by atoms with E-state index >= 15 is 0 Å². The number of nitrogens with zero attached hydrogens (tertiary/aromatic N) is 4. The van der Waals surface area contributed by atoms with Gasteiger partial charge in [0.15, 0.2) is 0 Å². The van der Waals surface area contributed by atoms with E-state index in [0.29, 0.717) is 37.9 Å². The Kier molecular flexibility index (Phi) is 6.17. The molecule has 1 heterocycles. The first kappa shape index (κ1) is 17.8. The van der Waals surface area contributed by atoms with Crippen LogP contribution < -0.4 is 0 Å². The van der Waals surface area contributed by atoms with Gasteiger partial charge in [-0.3, -0.25) is 0 Å². The Bertz CT molecular complexity index is 566. The Hall–Kier alpha value is -2.29. The lowest BCUT2D eigenvalue weighted by molar-refractivity contribution is 0.0929. The number of piperidine rings is 1. The summed E-state index contributed by atoms with van der Waals surface area (Å²) in [6, 6.07) is 5.73. The van der Waals surface area contributed by atoms with Gasteiger partial charge in [0.1, 0.15) is 23.8 Å². The van der Waals surface area contributed by atoms with Gasteiger partial charge in [0.2, 0.25) is 0 Å². The molecule has 0 aromatic rings. The van der Waals surface area contributed by atoms with Crippen LogP contribution in [0.2, 0.25) is 0 Å². The minimum absolute atomic E-state index is 0.0270. The van der Waals surface area contributed by atoms with E-state index in [1.165, 1.54) is 6.08 Å². The molecule has 1 saturated heterocycles. The Morgan fingerprint density at radius 2 is 1.68 bits per heavy atom. The fraction of sp³-hybridized carbons (Fsp3) is 0.588. The highest BCUT2D eigenvalue weighted by Crippen LogP contribution is 2.30. The third-order valence-corrected chi connectivity index (χ3v) is 3.50. The number of hydrogen-bond donors (Lipinski definition) is 1. The fourth-order valence-electron chi connectivity index (χ4n) is 2.43. The number of aliphatic hydroxyl groups is 1. The predicted molar refractivity (Wildman–Crippen MR) is 82.8 cm³/mol. The summed E-state index contributed by atoms with van der Waals surface area (Å²) in [4.78, 5) is 2.10. The number of aliphatic hydroxyl groups excluding tert-OH is 1. The van der Waals surface area contributed by atoms with E-state index in [-0.39, 0.29) is 17.1 Å². The SMILES string of the molecule is CC(C)(C)C/C(=C(/C#N)C=C(C#N)C#N)N1CCC(O)CC1. The third-order valence-electron chi connectivity index (χ3n) is 3.50. The highest BCUT2D eigenvalue weighted by molar-refractivity contribution is 5.48. The lowest BCUT2D eigenvalue weighted by Gasteiger charge is -2.36. The van der Waals surface area contributed by atoms with Gasteiger partial charge in [-0.05, 0) is 30.8 Å². The van der Waals surface area contributed by atoms with Crippen molar-refractivity contribution in [3.63, 3.8) is 0 Å². The van der Waals surface area contributed by atoms with E-state index in [2.05, 4.69) is 31.7 Å². The number of hydrogen-bond acceptors (Lipinski definition) is 5. The smallest absolute Gasteiger partial charge is 0.131 e. The van der Waals surface area contributed by atoms with Crippen LogP contribution in [-0.2, 0) is 0 Å². The molecule has 1 aliphatic rings. The van der Waals surface area contributed by atoms with Crippen LogP contribution >= 0.6 is 0 Å². The number of nitriles is 3. The van der Waals surface area contributed by atoms with Crippen molar-refractivity contribution in [2.24, 2.45) is 5.41 Å². The maximum atomic E-state index is 9.65. The maximum Gasteiger partial charge on any atom is 0.131 e. The third kappa shape index (κ3) is 5.24. The summed E-state index contributed by atoms with van der Waals surface area (Å²) in [6.45, 7) is 7.61. The summed E-state index contributed by atoms with van der Waals surface area (Å²) in [5, 5.41) is 36.9. The van der Waals surface area contributed by atoms with Crippen LogP contribution in [-0.4, -0.2) is 29.2 Å². The van der Waals surface area contributed by atoms with E-state index in [1.807, 2.05) is 0 Å². The van der Waals surface area contributed by atoms with Crippen LogP contribution in [0.25, 0.3) is 0 Å². The van der Waals surface area contributed by atoms with Gasteiger partial charge in [-0.25, -0.2) is 0 Å². The van der Waals surface area contributed by atoms with Gasteiger partial charge in [0.25, 0.3) is 0 Å². The van der Waals surface area contributed by atoms with Crippen LogP contribution in [0.3, 0.4) is 0 Å². The summed E-state index contributed by atoms with van der Waals surface area (Å²) in [6.07, 6.45) is 3.08. The van der Waals surface area contributed by atoms with Crippen molar-refractivity contribution in [2.75, 3.05) is 13.1 Å². The van der Waals surface area contributed by atoms with Crippen molar-refractivity contribution in [1.82, 2.24) is 4.90 Å². The van der Waals surface area contributed by atoms with E-state index in [9.17, 15) is 10.4 Å². The molecule has 116 valence electrons. The average Bonchev–Trinajstić information content (AvgIpc) is 2.47. The molecule has 1 aliphatic heterocycles. The van der Waals surface area contributed by atoms with E-state index in [4.69, 9.17) is 10.5 Å². The lowest BCUT2D eigenvalue weighted by Crippen LogP contribution is -2.36. The molecule has 0 atom stereocenters. The Balaban J connectivity index is 3.26. The molecule has 0 amide bonds. The van der Waals surface area contributed by atoms with Crippen LogP contribution in [0.5, 0.6) is 0 Å². The molecule has 0 aromatic heterocycles. The molecular formula is C17H22N4O. The molecule has 0 saturated carbocycles. The second kappa shape index (κ2) is 7.64. The summed E-state index contributed by atoms with van der Waals surface area (Å²) < 4.78 is 0. The highest BCUT2D eigenvalue weighted by Gasteiger charge is 2.25. The van der Waals surface area contributed by atoms with Gasteiger partial charge in [0.05, 0.1) is 11.7 Å². The van der Waals surface area contributed by atoms with Gasteiger partial charge in [-0.1, -0.05) is 20.8 Å². The zero-order valence-corrected chi connectivity index (χ0v) is 13.4. The van der Waals surface area contributed by atoms with Crippen molar-refractivity contribution < 1.29 is 5.11 Å². The number of rotatable bonds is 3. The fourth-order valence-corrected chi connectivity index (χ4v) is 2.43. The Labute approximate surface area is 132 Å². The summed E-state index contributed by atoms with van der Waals surface area (Å²) in [7, 11) is 0. The molecule has 1 rings (SSSR count). The molecule has 1 fully saturated rings. The molecule has 5 heteroatoms. The summed E-state index contributed by atoms with van der Waals surface area (Å²) in [5.74, 6) is 0. The predicted octanol–water partition coefficient (Wildman–Crippen LogP) is 2.63.